The molecule has 0 unspecified atom stereocenters. The van der Waals surface area contributed by atoms with Crippen LogP contribution < -0.4 is 9.47 Å². The molecule has 0 N–H and O–H groups in total. The van der Waals surface area contributed by atoms with E-state index in [2.05, 4.69) is 35.1 Å². The van der Waals surface area contributed by atoms with Crippen LogP contribution in [0.1, 0.15) is 18.1 Å². The second-order valence-electron chi connectivity index (χ2n) is 6.22. The zero-order chi connectivity index (χ0) is 18.5. The monoisotopic (exact) mass is 370 g/mol. The molecule has 1 heterocycles. The fourth-order valence-corrected chi connectivity index (χ4v) is 3.20. The Hall–Kier alpha value is -2.30. The quantitative estimate of drug-likeness (QED) is 0.552. The lowest BCUT2D eigenvalue weighted by Crippen LogP contribution is -2.17. The Morgan fingerprint density at radius 3 is 2.62 bits per heavy atom. The normalized spacial score (nSPS) is 11.1. The molecule has 5 heteroatoms. The Bertz CT molecular complexity index is 898. The number of para-hydroxylation sites is 1. The van der Waals surface area contributed by atoms with Crippen molar-refractivity contribution in [3.05, 3.63) is 64.8 Å². The number of rotatable bonds is 7. The number of aromatic nitrogens is 1. The number of benzene rings is 2. The highest BCUT2D eigenvalue weighted by molar-refractivity contribution is 6.30. The summed E-state index contributed by atoms with van der Waals surface area (Å²) in [6.45, 7) is 4.06. The van der Waals surface area contributed by atoms with Crippen LogP contribution >= 0.6 is 11.6 Å². The van der Waals surface area contributed by atoms with Gasteiger partial charge in [0.25, 0.3) is 0 Å². The standard InChI is InChI=1S/C21H23ClN2O2/c1-4-26-19-10-9-15(11-20(19)25-3)13-24(2)14-17-12-16-7-5-6-8-18(16)23-21(17)22/h5-12H,4,13-14H2,1-3H3. The molecular weight excluding hydrogens is 348 g/mol. The number of pyridine rings is 1. The molecule has 0 atom stereocenters. The van der Waals surface area contributed by atoms with E-state index in [1.165, 1.54) is 0 Å². The lowest BCUT2D eigenvalue weighted by atomic mass is 10.1. The molecule has 0 aliphatic heterocycles. The zero-order valence-electron chi connectivity index (χ0n) is 15.3. The predicted molar refractivity (Wildman–Crippen MR) is 106 cm³/mol. The maximum absolute atomic E-state index is 6.38. The molecule has 0 aliphatic rings. The third kappa shape index (κ3) is 4.26. The predicted octanol–water partition coefficient (Wildman–Crippen LogP) is 4.93. The van der Waals surface area contributed by atoms with Crippen molar-refractivity contribution in [2.24, 2.45) is 0 Å². The summed E-state index contributed by atoms with van der Waals surface area (Å²) in [4.78, 5) is 6.70. The number of halogens is 1. The van der Waals surface area contributed by atoms with E-state index in [4.69, 9.17) is 21.1 Å². The van der Waals surface area contributed by atoms with Gasteiger partial charge in [-0.2, -0.15) is 0 Å². The van der Waals surface area contributed by atoms with Crippen molar-refractivity contribution < 1.29 is 9.47 Å². The second kappa shape index (κ2) is 8.39. The van der Waals surface area contributed by atoms with Crippen molar-refractivity contribution in [1.82, 2.24) is 9.88 Å². The second-order valence-corrected chi connectivity index (χ2v) is 6.58. The van der Waals surface area contributed by atoms with Gasteiger partial charge < -0.3 is 9.47 Å². The average molecular weight is 371 g/mol. The van der Waals surface area contributed by atoms with Crippen LogP contribution in [0.4, 0.5) is 0 Å². The van der Waals surface area contributed by atoms with Gasteiger partial charge in [-0.05, 0) is 43.8 Å². The molecule has 0 aliphatic carbocycles. The van der Waals surface area contributed by atoms with Crippen LogP contribution in [0, 0.1) is 0 Å². The van der Waals surface area contributed by atoms with Gasteiger partial charge in [0.2, 0.25) is 0 Å². The highest BCUT2D eigenvalue weighted by Crippen LogP contribution is 2.29. The van der Waals surface area contributed by atoms with E-state index in [9.17, 15) is 0 Å². The van der Waals surface area contributed by atoms with E-state index in [0.717, 1.165) is 40.1 Å². The molecule has 0 bridgehead atoms. The molecule has 1 aromatic heterocycles. The summed E-state index contributed by atoms with van der Waals surface area (Å²) < 4.78 is 11.0. The maximum atomic E-state index is 6.38. The fourth-order valence-electron chi connectivity index (χ4n) is 2.99. The maximum Gasteiger partial charge on any atom is 0.161 e. The minimum absolute atomic E-state index is 0.555. The van der Waals surface area contributed by atoms with Gasteiger partial charge in [0, 0.05) is 24.0 Å². The molecule has 0 fully saturated rings. The Balaban J connectivity index is 1.74. The van der Waals surface area contributed by atoms with Crippen LogP contribution in [0.5, 0.6) is 11.5 Å². The number of hydrogen-bond acceptors (Lipinski definition) is 4. The van der Waals surface area contributed by atoms with Crippen molar-refractivity contribution >= 4 is 22.5 Å². The number of hydrogen-bond donors (Lipinski definition) is 0. The van der Waals surface area contributed by atoms with Crippen LogP contribution in [-0.4, -0.2) is 30.6 Å². The molecule has 0 radical (unpaired) electrons. The molecular formula is C21H23ClN2O2. The third-order valence-corrected chi connectivity index (χ3v) is 4.50. The van der Waals surface area contributed by atoms with Gasteiger partial charge >= 0.3 is 0 Å². The number of methoxy groups -OCH3 is 1. The highest BCUT2D eigenvalue weighted by Gasteiger charge is 2.10. The summed E-state index contributed by atoms with van der Waals surface area (Å²) in [7, 11) is 3.72. The van der Waals surface area contributed by atoms with Gasteiger partial charge in [-0.15, -0.1) is 0 Å². The Morgan fingerprint density at radius 2 is 1.85 bits per heavy atom. The van der Waals surface area contributed by atoms with Gasteiger partial charge in [-0.3, -0.25) is 4.90 Å². The molecule has 3 aromatic rings. The van der Waals surface area contributed by atoms with Crippen molar-refractivity contribution in [3.63, 3.8) is 0 Å². The number of nitrogens with zero attached hydrogens (tertiary/aromatic N) is 2. The molecule has 0 saturated heterocycles. The molecule has 0 spiro atoms. The zero-order valence-corrected chi connectivity index (χ0v) is 16.1. The molecule has 3 rings (SSSR count). The first-order valence-corrected chi connectivity index (χ1v) is 9.01. The first kappa shape index (κ1) is 18.5. The average Bonchev–Trinajstić information content (AvgIpc) is 2.63. The molecule has 2 aromatic carbocycles. The number of fused-ring (bicyclic) bond motifs is 1. The highest BCUT2D eigenvalue weighted by atomic mass is 35.5. The van der Waals surface area contributed by atoms with E-state index in [1.807, 2.05) is 37.3 Å². The summed E-state index contributed by atoms with van der Waals surface area (Å²) in [6.07, 6.45) is 0. The smallest absolute Gasteiger partial charge is 0.161 e. The molecule has 0 amide bonds. The summed E-state index contributed by atoms with van der Waals surface area (Å²) >= 11 is 6.38. The van der Waals surface area contributed by atoms with E-state index in [0.29, 0.717) is 18.3 Å². The Kier molecular flexibility index (Phi) is 5.96. The van der Waals surface area contributed by atoms with Gasteiger partial charge in [0.1, 0.15) is 5.15 Å². The van der Waals surface area contributed by atoms with Gasteiger partial charge in [0.05, 0.1) is 19.2 Å². The first-order valence-electron chi connectivity index (χ1n) is 8.63. The summed E-state index contributed by atoms with van der Waals surface area (Å²) in [5.41, 5.74) is 3.09. The van der Waals surface area contributed by atoms with Crippen molar-refractivity contribution in [3.8, 4) is 11.5 Å². The van der Waals surface area contributed by atoms with E-state index >= 15 is 0 Å². The van der Waals surface area contributed by atoms with Crippen LogP contribution in [0.3, 0.4) is 0 Å². The summed E-state index contributed by atoms with van der Waals surface area (Å²) in [5, 5.41) is 1.66. The fraction of sp³-hybridized carbons (Fsp3) is 0.286. The number of ether oxygens (including phenoxy) is 2. The van der Waals surface area contributed by atoms with Crippen LogP contribution in [-0.2, 0) is 13.1 Å². The molecule has 0 saturated carbocycles. The Morgan fingerprint density at radius 1 is 1.04 bits per heavy atom. The summed E-state index contributed by atoms with van der Waals surface area (Å²) in [6, 6.07) is 16.1. The lowest BCUT2D eigenvalue weighted by Gasteiger charge is -2.19. The van der Waals surface area contributed by atoms with E-state index in [-0.39, 0.29) is 0 Å². The van der Waals surface area contributed by atoms with Crippen molar-refractivity contribution in [2.75, 3.05) is 20.8 Å². The van der Waals surface area contributed by atoms with E-state index in [1.54, 1.807) is 7.11 Å². The molecule has 26 heavy (non-hydrogen) atoms. The van der Waals surface area contributed by atoms with Gasteiger partial charge in [0.15, 0.2) is 11.5 Å². The van der Waals surface area contributed by atoms with E-state index < -0.39 is 0 Å². The topological polar surface area (TPSA) is 34.6 Å². The molecule has 136 valence electrons. The van der Waals surface area contributed by atoms with Crippen molar-refractivity contribution in [1.29, 1.82) is 0 Å². The largest absolute Gasteiger partial charge is 0.493 e. The minimum atomic E-state index is 0.555. The SMILES string of the molecule is CCOc1ccc(CN(C)Cc2cc3ccccc3nc2Cl)cc1OC. The van der Waals surface area contributed by atoms with Crippen molar-refractivity contribution in [2.45, 2.75) is 20.0 Å². The first-order chi connectivity index (χ1) is 12.6. The lowest BCUT2D eigenvalue weighted by molar-refractivity contribution is 0.305. The minimum Gasteiger partial charge on any atom is -0.493 e. The molecule has 4 nitrogen and oxygen atoms in total. The van der Waals surface area contributed by atoms with Crippen LogP contribution in [0.25, 0.3) is 10.9 Å². The Labute approximate surface area is 159 Å². The summed E-state index contributed by atoms with van der Waals surface area (Å²) in [5.74, 6) is 1.52. The van der Waals surface area contributed by atoms with Gasteiger partial charge in [-0.1, -0.05) is 35.9 Å². The van der Waals surface area contributed by atoms with Gasteiger partial charge in [-0.25, -0.2) is 4.98 Å². The van der Waals surface area contributed by atoms with Crippen LogP contribution in [0.15, 0.2) is 48.5 Å². The third-order valence-electron chi connectivity index (χ3n) is 4.17. The van der Waals surface area contributed by atoms with Crippen LogP contribution in [0.2, 0.25) is 5.15 Å².